The standard InChI is InChI=1S/C14H21NO/c1-14(16,12-7-4-3-5-8-12)13-9-6-10-15(2)11-13/h3-5,7-8,13,16H,6,9-11H2,1-2H3/t13-,14-/m1/s1. The summed E-state index contributed by atoms with van der Waals surface area (Å²) >= 11 is 0. The number of hydrogen-bond donors (Lipinski definition) is 1. The van der Waals surface area contributed by atoms with Gasteiger partial charge in [0.05, 0.1) is 5.60 Å². The second kappa shape index (κ2) is 4.56. The van der Waals surface area contributed by atoms with Gasteiger partial charge in [0.2, 0.25) is 0 Å². The van der Waals surface area contributed by atoms with Crippen LogP contribution in [0.25, 0.3) is 0 Å². The molecule has 0 bridgehead atoms. The van der Waals surface area contributed by atoms with E-state index in [0.717, 1.165) is 25.1 Å². The Bertz CT molecular complexity index is 334. The first-order chi connectivity index (χ1) is 7.60. The summed E-state index contributed by atoms with van der Waals surface area (Å²) in [5.41, 5.74) is 0.339. The highest BCUT2D eigenvalue weighted by atomic mass is 16.3. The maximum atomic E-state index is 10.7. The minimum atomic E-state index is -0.698. The predicted molar refractivity (Wildman–Crippen MR) is 66.2 cm³/mol. The third-order valence-corrected chi connectivity index (χ3v) is 3.78. The molecule has 2 atom stereocenters. The fourth-order valence-electron chi connectivity index (χ4n) is 2.64. The molecule has 0 aliphatic carbocycles. The van der Waals surface area contributed by atoms with Crippen molar-refractivity contribution >= 4 is 0 Å². The average Bonchev–Trinajstić information content (AvgIpc) is 2.30. The Kier molecular flexibility index (Phi) is 3.31. The quantitative estimate of drug-likeness (QED) is 0.824. The van der Waals surface area contributed by atoms with E-state index in [2.05, 4.69) is 11.9 Å². The smallest absolute Gasteiger partial charge is 0.0908 e. The zero-order valence-electron chi connectivity index (χ0n) is 10.2. The van der Waals surface area contributed by atoms with Crippen LogP contribution in [-0.4, -0.2) is 30.1 Å². The maximum absolute atomic E-state index is 10.7. The van der Waals surface area contributed by atoms with E-state index in [1.54, 1.807) is 0 Å². The number of piperidine rings is 1. The van der Waals surface area contributed by atoms with Crippen LogP contribution in [0.15, 0.2) is 30.3 Å². The third kappa shape index (κ3) is 2.28. The van der Waals surface area contributed by atoms with E-state index < -0.39 is 5.60 Å². The van der Waals surface area contributed by atoms with Crippen molar-refractivity contribution in [2.45, 2.75) is 25.4 Å². The maximum Gasteiger partial charge on any atom is 0.0908 e. The minimum absolute atomic E-state index is 0.341. The zero-order chi connectivity index (χ0) is 11.6. The number of benzene rings is 1. The summed E-state index contributed by atoms with van der Waals surface area (Å²) in [6, 6.07) is 10.0. The summed E-state index contributed by atoms with van der Waals surface area (Å²) in [6.07, 6.45) is 2.30. The summed E-state index contributed by atoms with van der Waals surface area (Å²) in [5, 5.41) is 10.7. The summed E-state index contributed by atoms with van der Waals surface area (Å²) in [6.45, 7) is 4.09. The van der Waals surface area contributed by atoms with Crippen LogP contribution in [0.1, 0.15) is 25.3 Å². The van der Waals surface area contributed by atoms with Crippen molar-refractivity contribution in [3.8, 4) is 0 Å². The van der Waals surface area contributed by atoms with Crippen LogP contribution in [0.4, 0.5) is 0 Å². The molecular formula is C14H21NO. The summed E-state index contributed by atoms with van der Waals surface area (Å²) in [4.78, 5) is 2.31. The summed E-state index contributed by atoms with van der Waals surface area (Å²) < 4.78 is 0. The van der Waals surface area contributed by atoms with Crippen LogP contribution in [0.3, 0.4) is 0 Å². The lowest BCUT2D eigenvalue weighted by Crippen LogP contribution is -2.43. The molecule has 1 N–H and O–H groups in total. The number of hydrogen-bond acceptors (Lipinski definition) is 2. The third-order valence-electron chi connectivity index (χ3n) is 3.78. The predicted octanol–water partition coefficient (Wildman–Crippen LogP) is 2.24. The molecule has 0 aromatic heterocycles. The van der Waals surface area contributed by atoms with E-state index in [0.29, 0.717) is 5.92 Å². The Morgan fingerprint density at radius 2 is 2.00 bits per heavy atom. The molecular weight excluding hydrogens is 198 g/mol. The lowest BCUT2D eigenvalue weighted by molar-refractivity contribution is -0.0340. The molecule has 16 heavy (non-hydrogen) atoms. The number of nitrogens with zero attached hydrogens (tertiary/aromatic N) is 1. The van der Waals surface area contributed by atoms with Crippen molar-refractivity contribution in [2.75, 3.05) is 20.1 Å². The molecule has 0 radical (unpaired) electrons. The summed E-state index contributed by atoms with van der Waals surface area (Å²) in [5.74, 6) is 0.341. The fraction of sp³-hybridized carbons (Fsp3) is 0.571. The van der Waals surface area contributed by atoms with Gasteiger partial charge in [-0.3, -0.25) is 0 Å². The van der Waals surface area contributed by atoms with E-state index in [4.69, 9.17) is 0 Å². The van der Waals surface area contributed by atoms with Crippen molar-refractivity contribution in [3.05, 3.63) is 35.9 Å². The van der Waals surface area contributed by atoms with Gasteiger partial charge in [-0.2, -0.15) is 0 Å². The van der Waals surface area contributed by atoms with E-state index in [-0.39, 0.29) is 0 Å². The molecule has 1 aliphatic heterocycles. The molecule has 0 saturated carbocycles. The van der Waals surface area contributed by atoms with Gasteiger partial charge in [0.15, 0.2) is 0 Å². The molecule has 2 rings (SSSR count). The molecule has 2 heteroatoms. The van der Waals surface area contributed by atoms with Gasteiger partial charge in [-0.15, -0.1) is 0 Å². The number of rotatable bonds is 2. The molecule has 1 aliphatic rings. The van der Waals surface area contributed by atoms with Crippen molar-refractivity contribution in [1.82, 2.24) is 4.90 Å². The highest BCUT2D eigenvalue weighted by molar-refractivity contribution is 5.22. The van der Waals surface area contributed by atoms with Gasteiger partial charge in [0, 0.05) is 12.5 Å². The normalized spacial score (nSPS) is 26.3. The first-order valence-electron chi connectivity index (χ1n) is 6.07. The van der Waals surface area contributed by atoms with Crippen LogP contribution in [0, 0.1) is 5.92 Å². The highest BCUT2D eigenvalue weighted by Crippen LogP contribution is 2.34. The van der Waals surface area contributed by atoms with E-state index >= 15 is 0 Å². The van der Waals surface area contributed by atoms with Gasteiger partial charge in [0.1, 0.15) is 0 Å². The Morgan fingerprint density at radius 3 is 2.62 bits per heavy atom. The molecule has 2 nitrogen and oxygen atoms in total. The second-order valence-electron chi connectivity index (χ2n) is 5.11. The first-order valence-corrected chi connectivity index (χ1v) is 6.07. The van der Waals surface area contributed by atoms with Crippen LogP contribution >= 0.6 is 0 Å². The van der Waals surface area contributed by atoms with Gasteiger partial charge >= 0.3 is 0 Å². The van der Waals surface area contributed by atoms with Crippen LogP contribution in [-0.2, 0) is 5.60 Å². The van der Waals surface area contributed by atoms with Crippen LogP contribution in [0.2, 0.25) is 0 Å². The van der Waals surface area contributed by atoms with E-state index in [1.807, 2.05) is 37.3 Å². The zero-order valence-corrected chi connectivity index (χ0v) is 10.2. The molecule has 88 valence electrons. The topological polar surface area (TPSA) is 23.5 Å². The van der Waals surface area contributed by atoms with Crippen molar-refractivity contribution in [3.63, 3.8) is 0 Å². The molecule has 1 fully saturated rings. The number of aliphatic hydroxyl groups is 1. The Balaban J connectivity index is 2.18. The SMILES string of the molecule is CN1CCC[C@@H]([C@](C)(O)c2ccccc2)C1. The number of likely N-dealkylation sites (tertiary alicyclic amines) is 1. The van der Waals surface area contributed by atoms with Crippen molar-refractivity contribution < 1.29 is 5.11 Å². The van der Waals surface area contributed by atoms with Gasteiger partial charge in [-0.25, -0.2) is 0 Å². The molecule has 1 saturated heterocycles. The van der Waals surface area contributed by atoms with E-state index in [9.17, 15) is 5.11 Å². The molecule has 0 unspecified atom stereocenters. The molecule has 1 aromatic rings. The molecule has 0 spiro atoms. The lowest BCUT2D eigenvalue weighted by Gasteiger charge is -2.39. The largest absolute Gasteiger partial charge is 0.385 e. The molecule has 0 amide bonds. The lowest BCUT2D eigenvalue weighted by atomic mass is 9.78. The minimum Gasteiger partial charge on any atom is -0.385 e. The van der Waals surface area contributed by atoms with Crippen molar-refractivity contribution in [1.29, 1.82) is 0 Å². The van der Waals surface area contributed by atoms with Gasteiger partial charge < -0.3 is 10.0 Å². The van der Waals surface area contributed by atoms with E-state index in [1.165, 1.54) is 6.42 Å². The first kappa shape index (κ1) is 11.6. The monoisotopic (exact) mass is 219 g/mol. The summed E-state index contributed by atoms with van der Waals surface area (Å²) in [7, 11) is 2.13. The van der Waals surface area contributed by atoms with Gasteiger partial charge in [-0.1, -0.05) is 30.3 Å². The second-order valence-corrected chi connectivity index (χ2v) is 5.11. The van der Waals surface area contributed by atoms with Gasteiger partial charge in [0.25, 0.3) is 0 Å². The average molecular weight is 219 g/mol. The molecule has 1 heterocycles. The van der Waals surface area contributed by atoms with Gasteiger partial charge in [-0.05, 0) is 38.9 Å². The Hall–Kier alpha value is -0.860. The Morgan fingerprint density at radius 1 is 1.31 bits per heavy atom. The van der Waals surface area contributed by atoms with Crippen LogP contribution < -0.4 is 0 Å². The highest BCUT2D eigenvalue weighted by Gasteiger charge is 2.35. The molecule has 1 aromatic carbocycles. The van der Waals surface area contributed by atoms with Crippen LogP contribution in [0.5, 0.6) is 0 Å². The fourth-order valence-corrected chi connectivity index (χ4v) is 2.64. The Labute approximate surface area is 97.9 Å². The van der Waals surface area contributed by atoms with Crippen molar-refractivity contribution in [2.24, 2.45) is 5.92 Å².